The number of nitrogens with one attached hydrogen (secondary N) is 2. The third kappa shape index (κ3) is 28.0. The monoisotopic (exact) mass is 1040 g/mol. The summed E-state index contributed by atoms with van der Waals surface area (Å²) in [5.74, 6) is -1.46. The van der Waals surface area contributed by atoms with Gasteiger partial charge in [-0.3, -0.25) is 28.9 Å². The van der Waals surface area contributed by atoms with Crippen LogP contribution >= 0.6 is 0 Å². The van der Waals surface area contributed by atoms with E-state index in [-0.39, 0.29) is 57.0 Å². The number of rotatable bonds is 43. The molecule has 3 rings (SSSR count). The topological polar surface area (TPSA) is 276 Å². The van der Waals surface area contributed by atoms with E-state index in [0.717, 1.165) is 23.5 Å². The van der Waals surface area contributed by atoms with E-state index in [0.29, 0.717) is 167 Å². The minimum absolute atomic E-state index is 0.0813. The second-order valence-electron chi connectivity index (χ2n) is 16.2. The summed E-state index contributed by atoms with van der Waals surface area (Å²) in [7, 11) is 3.35. The largest absolute Gasteiger partial charge is 0.447 e. The van der Waals surface area contributed by atoms with Gasteiger partial charge in [-0.05, 0) is 31.1 Å². The van der Waals surface area contributed by atoms with Crippen LogP contribution in [0.1, 0.15) is 42.1 Å². The average Bonchev–Trinajstić information content (AvgIpc) is 3.57. The molecule has 0 saturated carbocycles. The molecule has 1 aromatic carbocycles. The fourth-order valence-electron chi connectivity index (χ4n) is 6.54. The van der Waals surface area contributed by atoms with E-state index in [9.17, 15) is 28.8 Å². The summed E-state index contributed by atoms with van der Waals surface area (Å²) in [4.78, 5) is 81.5. The van der Waals surface area contributed by atoms with E-state index >= 15 is 0 Å². The van der Waals surface area contributed by atoms with Crippen molar-refractivity contribution in [3.05, 3.63) is 47.1 Å². The standard InChI is InChI=1S/C49H77N7O17/c1-4-12-55(48(61)41-35-39-6-7-40(47(60)54(2)3)36-42(39)53-43(50)37-41)13-5-10-52-49(62)73-34-33-72-32-31-71-30-29-70-28-27-69-26-25-68-24-23-67-22-21-66-20-19-65-18-17-64-16-15-63-14-11-51-44(57)38-56-45(58)8-9-46(56)59/h6-9,35-36H,4-5,10-34,37-38H2,1-3H3,(H2,50,53)(H,51,57)(H,52,62). The Kier molecular flexibility index (Phi) is 33.2. The summed E-state index contributed by atoms with van der Waals surface area (Å²) in [6.07, 6.45) is 4.93. The number of amidine groups is 1. The molecule has 2 heterocycles. The zero-order chi connectivity index (χ0) is 52.7. The number of benzene rings is 1. The van der Waals surface area contributed by atoms with Crippen LogP contribution in [0.15, 0.2) is 40.9 Å². The molecule has 1 aromatic rings. The van der Waals surface area contributed by atoms with Crippen LogP contribution in [0.2, 0.25) is 0 Å². The van der Waals surface area contributed by atoms with E-state index < -0.39 is 23.8 Å². The van der Waals surface area contributed by atoms with Crippen molar-refractivity contribution in [1.82, 2.24) is 25.3 Å². The van der Waals surface area contributed by atoms with Gasteiger partial charge in [0.05, 0.1) is 138 Å². The maximum atomic E-state index is 13.6. The van der Waals surface area contributed by atoms with Crippen molar-refractivity contribution in [2.75, 3.05) is 186 Å². The zero-order valence-corrected chi connectivity index (χ0v) is 42.8. The van der Waals surface area contributed by atoms with Crippen LogP contribution in [0.25, 0.3) is 6.08 Å². The molecular weight excluding hydrogens is 959 g/mol. The number of ether oxygens (including phenoxy) is 11. The number of hydrogen-bond donors (Lipinski definition) is 3. The van der Waals surface area contributed by atoms with Crippen molar-refractivity contribution in [2.45, 2.75) is 26.2 Å². The van der Waals surface area contributed by atoms with Gasteiger partial charge in [-0.25, -0.2) is 9.79 Å². The van der Waals surface area contributed by atoms with Crippen molar-refractivity contribution in [1.29, 1.82) is 0 Å². The smallest absolute Gasteiger partial charge is 0.407 e. The molecule has 0 aromatic heterocycles. The predicted molar refractivity (Wildman–Crippen MR) is 266 cm³/mol. The Morgan fingerprint density at radius 2 is 1.08 bits per heavy atom. The number of alkyl carbamates (subject to hydrolysis) is 1. The fourth-order valence-corrected chi connectivity index (χ4v) is 6.54. The molecule has 24 heteroatoms. The number of amides is 6. The predicted octanol–water partition coefficient (Wildman–Crippen LogP) is 0.726. The molecule has 0 unspecified atom stereocenters. The SMILES string of the molecule is CCCN(CCCNC(=O)OCCOCCOCCOCCOCCOCCOCCOCCOCCOCCOCCNC(=O)CN1C(=O)C=CC1=O)C(=O)C1=Cc2ccc(C(=O)N(C)C)cc2N=C(N)C1. The summed E-state index contributed by atoms with van der Waals surface area (Å²) in [5.41, 5.74) is 8.42. The van der Waals surface area contributed by atoms with Gasteiger partial charge < -0.3 is 78.3 Å². The second-order valence-corrected chi connectivity index (χ2v) is 16.2. The number of fused-ring (bicyclic) bond motifs is 1. The summed E-state index contributed by atoms with van der Waals surface area (Å²) in [5, 5.41) is 5.30. The molecule has 6 amide bonds. The van der Waals surface area contributed by atoms with Crippen LogP contribution in [0, 0.1) is 0 Å². The lowest BCUT2D eigenvalue weighted by molar-refractivity contribution is -0.141. The Bertz CT molecular complexity index is 1880. The molecule has 0 atom stereocenters. The van der Waals surface area contributed by atoms with Crippen LogP contribution < -0.4 is 16.4 Å². The number of aliphatic imine (C=N–C) groups is 1. The third-order valence-corrected chi connectivity index (χ3v) is 10.2. The number of carbonyl (C=O) groups is 6. The molecule has 0 aliphatic carbocycles. The molecule has 4 N–H and O–H groups in total. The van der Waals surface area contributed by atoms with Gasteiger partial charge in [-0.15, -0.1) is 0 Å². The number of nitrogens with zero attached hydrogens (tertiary/aromatic N) is 4. The van der Waals surface area contributed by atoms with E-state index in [1.54, 1.807) is 43.3 Å². The number of carbonyl (C=O) groups excluding carboxylic acids is 6. The maximum absolute atomic E-state index is 13.6. The van der Waals surface area contributed by atoms with Crippen molar-refractivity contribution in [2.24, 2.45) is 10.7 Å². The Labute approximate surface area is 428 Å². The first kappa shape index (κ1) is 61.9. The van der Waals surface area contributed by atoms with Crippen LogP contribution in [-0.4, -0.2) is 242 Å². The molecule has 24 nitrogen and oxygen atoms in total. The molecule has 0 bridgehead atoms. The summed E-state index contributed by atoms with van der Waals surface area (Å²) < 4.78 is 59.9. The van der Waals surface area contributed by atoms with Crippen LogP contribution in [-0.2, 0) is 71.3 Å². The van der Waals surface area contributed by atoms with E-state index in [4.69, 9.17) is 57.8 Å². The highest BCUT2D eigenvalue weighted by molar-refractivity contribution is 6.14. The van der Waals surface area contributed by atoms with Crippen molar-refractivity contribution in [3.63, 3.8) is 0 Å². The second kappa shape index (κ2) is 39.1. The van der Waals surface area contributed by atoms with Crippen LogP contribution in [0.3, 0.4) is 0 Å². The van der Waals surface area contributed by atoms with E-state index in [1.807, 2.05) is 6.92 Å². The van der Waals surface area contributed by atoms with Gasteiger partial charge in [0.15, 0.2) is 0 Å². The summed E-state index contributed by atoms with van der Waals surface area (Å²) in [6.45, 7) is 11.2. The molecule has 0 spiro atoms. The van der Waals surface area contributed by atoms with Crippen molar-refractivity contribution in [3.8, 4) is 0 Å². The lowest BCUT2D eigenvalue weighted by Crippen LogP contribution is -2.41. The van der Waals surface area contributed by atoms with E-state index in [2.05, 4.69) is 15.6 Å². The minimum Gasteiger partial charge on any atom is -0.447 e. The molecule has 410 valence electrons. The third-order valence-electron chi connectivity index (χ3n) is 10.2. The number of nitrogens with two attached hydrogens (primary N) is 1. The van der Waals surface area contributed by atoms with Gasteiger partial charge in [-0.1, -0.05) is 13.0 Å². The maximum Gasteiger partial charge on any atom is 0.407 e. The molecule has 0 radical (unpaired) electrons. The Hall–Kier alpha value is -5.41. The normalized spacial score (nSPS) is 13.1. The van der Waals surface area contributed by atoms with Gasteiger partial charge in [0.25, 0.3) is 17.7 Å². The van der Waals surface area contributed by atoms with Gasteiger partial charge in [-0.2, -0.15) is 0 Å². The highest BCUT2D eigenvalue weighted by atomic mass is 16.6. The van der Waals surface area contributed by atoms with Crippen LogP contribution in [0.5, 0.6) is 0 Å². The molecule has 73 heavy (non-hydrogen) atoms. The lowest BCUT2D eigenvalue weighted by Gasteiger charge is -2.23. The number of hydrogen-bond acceptors (Lipinski definition) is 19. The highest BCUT2D eigenvalue weighted by Crippen LogP contribution is 2.29. The quantitative estimate of drug-likeness (QED) is 0.0601. The first-order chi connectivity index (χ1) is 35.5. The average molecular weight is 1040 g/mol. The van der Waals surface area contributed by atoms with Crippen molar-refractivity contribution < 1.29 is 80.9 Å². The fraction of sp³-hybridized carbons (Fsp3) is 0.653. The molecule has 2 aliphatic heterocycles. The van der Waals surface area contributed by atoms with E-state index in [1.165, 1.54) is 4.90 Å². The van der Waals surface area contributed by atoms with Gasteiger partial charge >= 0.3 is 6.09 Å². The Morgan fingerprint density at radius 3 is 1.55 bits per heavy atom. The summed E-state index contributed by atoms with van der Waals surface area (Å²) >= 11 is 0. The Morgan fingerprint density at radius 1 is 0.616 bits per heavy atom. The molecule has 0 saturated heterocycles. The lowest BCUT2D eigenvalue weighted by atomic mass is 10.0. The molecule has 2 aliphatic rings. The van der Waals surface area contributed by atoms with Gasteiger partial charge in [0.2, 0.25) is 11.8 Å². The summed E-state index contributed by atoms with van der Waals surface area (Å²) in [6, 6.07) is 5.16. The van der Waals surface area contributed by atoms with Crippen LogP contribution in [0.4, 0.5) is 10.5 Å². The minimum atomic E-state index is -0.568. The number of imide groups is 1. The Balaban J connectivity index is 0.997. The van der Waals surface area contributed by atoms with Gasteiger partial charge in [0.1, 0.15) is 19.0 Å². The zero-order valence-electron chi connectivity index (χ0n) is 42.8. The highest BCUT2D eigenvalue weighted by Gasteiger charge is 2.25. The molecule has 0 fully saturated rings. The first-order valence-corrected chi connectivity index (χ1v) is 24.7. The first-order valence-electron chi connectivity index (χ1n) is 24.7. The molecular formula is C49H77N7O17. The van der Waals surface area contributed by atoms with Crippen molar-refractivity contribution >= 4 is 53.2 Å². The van der Waals surface area contributed by atoms with Gasteiger partial charge in [0, 0.05) is 75.5 Å².